The molecule has 0 saturated heterocycles. The third kappa shape index (κ3) is 2.71. The van der Waals surface area contributed by atoms with E-state index in [-0.39, 0.29) is 12.1 Å². The van der Waals surface area contributed by atoms with Gasteiger partial charge < -0.3 is 14.7 Å². The summed E-state index contributed by atoms with van der Waals surface area (Å²) in [6.07, 6.45) is 1.11. The van der Waals surface area contributed by atoms with Crippen molar-refractivity contribution in [1.29, 1.82) is 0 Å². The number of β-amino-alcohol motifs (C(OH)–C–C–N with tert-alkyl or cyclic N) is 1. The Morgan fingerprint density at radius 2 is 2.16 bits per heavy atom. The Labute approximate surface area is 116 Å². The Morgan fingerprint density at radius 3 is 2.79 bits per heavy atom. The summed E-state index contributed by atoms with van der Waals surface area (Å²) in [5.41, 5.74) is 2.64. The van der Waals surface area contributed by atoms with E-state index in [1.54, 1.807) is 0 Å². The van der Waals surface area contributed by atoms with Gasteiger partial charge in [-0.15, -0.1) is 0 Å². The Bertz CT molecular complexity index is 442. The van der Waals surface area contributed by atoms with E-state index < -0.39 is 0 Å². The lowest BCUT2D eigenvalue weighted by Gasteiger charge is -2.47. The second-order valence-corrected chi connectivity index (χ2v) is 5.95. The lowest BCUT2D eigenvalue weighted by atomic mass is 9.80. The average Bonchev–Trinajstić information content (AvgIpc) is 2.34. The van der Waals surface area contributed by atoms with Gasteiger partial charge in [-0.05, 0) is 44.7 Å². The number of aliphatic hydroxyl groups excluding tert-OH is 1. The summed E-state index contributed by atoms with van der Waals surface area (Å²) in [6, 6.07) is 6.34. The number of aliphatic hydroxyl groups is 1. The molecular formula is C16H25NO2. The van der Waals surface area contributed by atoms with Crippen LogP contribution in [-0.2, 0) is 0 Å². The summed E-state index contributed by atoms with van der Waals surface area (Å²) in [6.45, 7) is 10.3. The average molecular weight is 263 g/mol. The first-order valence-electron chi connectivity index (χ1n) is 7.15. The Hall–Kier alpha value is -1.22. The molecule has 1 aliphatic rings. The largest absolute Gasteiger partial charge is 0.494 e. The SMILES string of the molecule is CCOc1ccc2c(c1)N(CCO)C(C)(C)CC2C. The van der Waals surface area contributed by atoms with Crippen LogP contribution in [0, 0.1) is 0 Å². The number of nitrogens with zero attached hydrogens (tertiary/aromatic N) is 1. The molecule has 1 heterocycles. The predicted octanol–water partition coefficient (Wildman–Crippen LogP) is 3.17. The number of anilines is 1. The minimum absolute atomic E-state index is 0.0694. The highest BCUT2D eigenvalue weighted by Crippen LogP contribution is 2.44. The molecule has 2 rings (SSSR count). The third-order valence-corrected chi connectivity index (χ3v) is 3.99. The summed E-state index contributed by atoms with van der Waals surface area (Å²) in [7, 11) is 0. The molecule has 0 saturated carbocycles. The van der Waals surface area contributed by atoms with Gasteiger partial charge in [0.25, 0.3) is 0 Å². The van der Waals surface area contributed by atoms with Gasteiger partial charge in [-0.3, -0.25) is 0 Å². The Kier molecular flexibility index (Phi) is 4.04. The highest BCUT2D eigenvalue weighted by atomic mass is 16.5. The van der Waals surface area contributed by atoms with Gasteiger partial charge in [0, 0.05) is 23.8 Å². The van der Waals surface area contributed by atoms with Gasteiger partial charge in [0.2, 0.25) is 0 Å². The highest BCUT2D eigenvalue weighted by molar-refractivity contribution is 5.62. The zero-order valence-electron chi connectivity index (χ0n) is 12.4. The number of fused-ring (bicyclic) bond motifs is 1. The summed E-state index contributed by atoms with van der Waals surface area (Å²) in [5, 5.41) is 9.34. The Morgan fingerprint density at radius 1 is 1.42 bits per heavy atom. The van der Waals surface area contributed by atoms with E-state index in [2.05, 4.69) is 37.8 Å². The zero-order valence-corrected chi connectivity index (χ0v) is 12.4. The minimum Gasteiger partial charge on any atom is -0.494 e. The van der Waals surface area contributed by atoms with Gasteiger partial charge in [0.15, 0.2) is 0 Å². The van der Waals surface area contributed by atoms with Gasteiger partial charge in [-0.2, -0.15) is 0 Å². The summed E-state index contributed by atoms with van der Waals surface area (Å²) in [5.74, 6) is 1.45. The van der Waals surface area contributed by atoms with Crippen LogP contribution in [0.1, 0.15) is 45.6 Å². The summed E-state index contributed by atoms with van der Waals surface area (Å²) < 4.78 is 5.61. The van der Waals surface area contributed by atoms with Crippen molar-refractivity contribution < 1.29 is 9.84 Å². The van der Waals surface area contributed by atoms with Crippen LogP contribution in [0.15, 0.2) is 18.2 Å². The molecular weight excluding hydrogens is 238 g/mol. The van der Waals surface area contributed by atoms with Crippen molar-refractivity contribution in [1.82, 2.24) is 0 Å². The fraction of sp³-hybridized carbons (Fsp3) is 0.625. The van der Waals surface area contributed by atoms with E-state index >= 15 is 0 Å². The quantitative estimate of drug-likeness (QED) is 0.905. The molecule has 106 valence electrons. The minimum atomic E-state index is 0.0694. The maximum absolute atomic E-state index is 9.34. The molecule has 0 bridgehead atoms. The van der Waals surface area contributed by atoms with Crippen molar-refractivity contribution in [2.24, 2.45) is 0 Å². The van der Waals surface area contributed by atoms with Crippen LogP contribution in [0.4, 0.5) is 5.69 Å². The van der Waals surface area contributed by atoms with Crippen LogP contribution in [0.25, 0.3) is 0 Å². The smallest absolute Gasteiger partial charge is 0.121 e. The first kappa shape index (κ1) is 14.2. The second kappa shape index (κ2) is 5.41. The summed E-state index contributed by atoms with van der Waals surface area (Å²) >= 11 is 0. The molecule has 0 spiro atoms. The molecule has 0 fully saturated rings. The normalized spacial score (nSPS) is 21.1. The van der Waals surface area contributed by atoms with Crippen LogP contribution in [0.5, 0.6) is 5.75 Å². The van der Waals surface area contributed by atoms with Gasteiger partial charge >= 0.3 is 0 Å². The molecule has 0 radical (unpaired) electrons. The monoisotopic (exact) mass is 263 g/mol. The molecule has 3 heteroatoms. The fourth-order valence-electron chi connectivity index (χ4n) is 3.25. The van der Waals surface area contributed by atoms with Crippen molar-refractivity contribution >= 4 is 5.69 Å². The van der Waals surface area contributed by atoms with E-state index in [9.17, 15) is 5.11 Å². The molecule has 1 atom stereocenters. The predicted molar refractivity (Wildman–Crippen MR) is 79.2 cm³/mol. The van der Waals surface area contributed by atoms with E-state index in [0.717, 1.165) is 12.2 Å². The molecule has 0 aliphatic carbocycles. The van der Waals surface area contributed by atoms with Crippen LogP contribution in [0.2, 0.25) is 0 Å². The summed E-state index contributed by atoms with van der Waals surface area (Å²) in [4.78, 5) is 2.31. The van der Waals surface area contributed by atoms with Crippen molar-refractivity contribution in [3.8, 4) is 5.75 Å². The van der Waals surface area contributed by atoms with E-state index in [1.165, 1.54) is 11.3 Å². The van der Waals surface area contributed by atoms with Crippen molar-refractivity contribution in [3.63, 3.8) is 0 Å². The molecule has 1 unspecified atom stereocenters. The maximum Gasteiger partial charge on any atom is 0.121 e. The first-order chi connectivity index (χ1) is 8.99. The number of hydrogen-bond acceptors (Lipinski definition) is 3. The van der Waals surface area contributed by atoms with Crippen molar-refractivity contribution in [2.75, 3.05) is 24.7 Å². The zero-order chi connectivity index (χ0) is 14.0. The third-order valence-electron chi connectivity index (χ3n) is 3.99. The van der Waals surface area contributed by atoms with Crippen molar-refractivity contribution in [3.05, 3.63) is 23.8 Å². The molecule has 1 aromatic rings. The van der Waals surface area contributed by atoms with Crippen LogP contribution >= 0.6 is 0 Å². The molecule has 0 aromatic heterocycles. The second-order valence-electron chi connectivity index (χ2n) is 5.95. The fourth-order valence-corrected chi connectivity index (χ4v) is 3.25. The van der Waals surface area contributed by atoms with Gasteiger partial charge in [0.1, 0.15) is 5.75 Å². The molecule has 1 aromatic carbocycles. The standard InChI is InChI=1S/C16H25NO2/c1-5-19-13-6-7-14-12(2)11-16(3,4)17(8-9-18)15(14)10-13/h6-7,10,12,18H,5,8-9,11H2,1-4H3. The first-order valence-corrected chi connectivity index (χ1v) is 7.15. The number of hydrogen-bond donors (Lipinski definition) is 1. The number of rotatable bonds is 4. The molecule has 1 aliphatic heterocycles. The van der Waals surface area contributed by atoms with Gasteiger partial charge in [-0.25, -0.2) is 0 Å². The van der Waals surface area contributed by atoms with Crippen LogP contribution in [-0.4, -0.2) is 30.4 Å². The topological polar surface area (TPSA) is 32.7 Å². The molecule has 1 N–H and O–H groups in total. The lowest BCUT2D eigenvalue weighted by molar-refractivity contribution is 0.276. The van der Waals surface area contributed by atoms with Crippen molar-refractivity contribution in [2.45, 2.75) is 45.6 Å². The van der Waals surface area contributed by atoms with Gasteiger partial charge in [-0.1, -0.05) is 13.0 Å². The molecule has 19 heavy (non-hydrogen) atoms. The van der Waals surface area contributed by atoms with E-state index in [4.69, 9.17) is 4.74 Å². The van der Waals surface area contributed by atoms with E-state index in [0.29, 0.717) is 19.1 Å². The highest BCUT2D eigenvalue weighted by Gasteiger charge is 2.36. The maximum atomic E-state index is 9.34. The Balaban J connectivity index is 2.45. The number of benzene rings is 1. The van der Waals surface area contributed by atoms with Crippen LogP contribution in [0.3, 0.4) is 0 Å². The lowest BCUT2D eigenvalue weighted by Crippen LogP contribution is -2.49. The van der Waals surface area contributed by atoms with Crippen LogP contribution < -0.4 is 9.64 Å². The molecule has 3 nitrogen and oxygen atoms in total. The molecule has 0 amide bonds. The van der Waals surface area contributed by atoms with Gasteiger partial charge in [0.05, 0.1) is 13.2 Å². The van der Waals surface area contributed by atoms with E-state index in [1.807, 2.05) is 13.0 Å². The number of ether oxygens (including phenoxy) is 1.